The summed E-state index contributed by atoms with van der Waals surface area (Å²) in [6, 6.07) is 9.66. The second kappa shape index (κ2) is 5.73. The molecule has 0 amide bonds. The number of carboxylic acid groups (broad SMARTS) is 1. The van der Waals surface area contributed by atoms with Gasteiger partial charge in [-0.05, 0) is 31.2 Å². The molecule has 3 rings (SSSR count). The van der Waals surface area contributed by atoms with Crippen LogP contribution in [0.4, 0.5) is 13.2 Å². The first-order valence-corrected chi connectivity index (χ1v) is 7.14. The van der Waals surface area contributed by atoms with Crippen molar-refractivity contribution in [2.45, 2.75) is 13.1 Å². The number of hydrogen-bond acceptors (Lipinski definition) is 3. The Morgan fingerprint density at radius 3 is 2.32 bits per heavy atom. The highest BCUT2D eigenvalue weighted by Gasteiger charge is 2.33. The average Bonchev–Trinajstić information content (AvgIpc) is 2.57. The van der Waals surface area contributed by atoms with Gasteiger partial charge in [0.15, 0.2) is 5.43 Å². The number of carboxylic acids is 1. The van der Waals surface area contributed by atoms with Gasteiger partial charge >= 0.3 is 12.1 Å². The predicted octanol–water partition coefficient (Wildman–Crippen LogP) is 3.41. The van der Waals surface area contributed by atoms with E-state index in [1.54, 1.807) is 18.2 Å². The van der Waals surface area contributed by atoms with Crippen LogP contribution in [0, 0.1) is 6.92 Å². The molecule has 0 aliphatic rings. The number of fused-ring (bicyclic) bond motifs is 1. The number of benzene rings is 1. The van der Waals surface area contributed by atoms with Crippen LogP contribution in [0.3, 0.4) is 0 Å². The van der Waals surface area contributed by atoms with Crippen LogP contribution in [0.15, 0.2) is 47.3 Å². The Labute approximate surface area is 139 Å². The van der Waals surface area contributed by atoms with E-state index in [-0.39, 0.29) is 16.6 Å². The Morgan fingerprint density at radius 2 is 1.76 bits per heavy atom. The van der Waals surface area contributed by atoms with Crippen LogP contribution >= 0.6 is 0 Å². The summed E-state index contributed by atoms with van der Waals surface area (Å²) in [6.45, 7) is 1.32. The maximum absolute atomic E-state index is 13.0. The van der Waals surface area contributed by atoms with Gasteiger partial charge in [-0.1, -0.05) is 18.2 Å². The number of aromatic carboxylic acids is 1. The first-order chi connectivity index (χ1) is 11.7. The van der Waals surface area contributed by atoms with Crippen molar-refractivity contribution >= 4 is 17.0 Å². The zero-order valence-electron chi connectivity index (χ0n) is 12.8. The van der Waals surface area contributed by atoms with Crippen LogP contribution in [0.2, 0.25) is 0 Å². The van der Waals surface area contributed by atoms with E-state index in [0.717, 1.165) is 10.6 Å². The van der Waals surface area contributed by atoms with Gasteiger partial charge in [-0.25, -0.2) is 9.78 Å². The standard InChI is InChI=1S/C17H11F3N2O3/c1-9-13(16(24)25)22(10-5-3-2-4-6-10)15-11(14(9)23)7-8-12(21-15)17(18,19)20/h2-8H,1H3,(H,24,25). The highest BCUT2D eigenvalue weighted by Crippen LogP contribution is 2.29. The van der Waals surface area contributed by atoms with E-state index in [1.807, 2.05) is 0 Å². The third-order valence-corrected chi connectivity index (χ3v) is 3.76. The fourth-order valence-corrected chi connectivity index (χ4v) is 2.62. The molecule has 3 aromatic rings. The van der Waals surface area contributed by atoms with Crippen molar-refractivity contribution in [2.24, 2.45) is 0 Å². The Balaban J connectivity index is 2.55. The van der Waals surface area contributed by atoms with E-state index >= 15 is 0 Å². The fourth-order valence-electron chi connectivity index (χ4n) is 2.62. The van der Waals surface area contributed by atoms with E-state index in [2.05, 4.69) is 4.98 Å². The molecule has 0 saturated heterocycles. The van der Waals surface area contributed by atoms with Crippen molar-refractivity contribution in [3.63, 3.8) is 0 Å². The SMILES string of the molecule is Cc1c(C(=O)O)n(-c2ccccc2)c2nc(C(F)(F)F)ccc2c1=O. The van der Waals surface area contributed by atoms with Crippen LogP contribution in [0.5, 0.6) is 0 Å². The molecule has 0 fully saturated rings. The van der Waals surface area contributed by atoms with E-state index in [1.165, 1.54) is 19.1 Å². The summed E-state index contributed by atoms with van der Waals surface area (Å²) in [5.41, 5.74) is -2.43. The summed E-state index contributed by atoms with van der Waals surface area (Å²) in [5, 5.41) is 9.43. The molecular formula is C17H11F3N2O3. The highest BCUT2D eigenvalue weighted by molar-refractivity contribution is 5.92. The summed E-state index contributed by atoms with van der Waals surface area (Å²) >= 11 is 0. The lowest BCUT2D eigenvalue weighted by Crippen LogP contribution is -2.23. The number of pyridine rings is 2. The second-order valence-electron chi connectivity index (χ2n) is 5.34. The van der Waals surface area contributed by atoms with Crippen LogP contribution in [0.25, 0.3) is 16.7 Å². The molecule has 0 unspecified atom stereocenters. The van der Waals surface area contributed by atoms with Gasteiger partial charge in [0.1, 0.15) is 17.0 Å². The molecule has 0 spiro atoms. The molecule has 1 N–H and O–H groups in total. The third kappa shape index (κ3) is 2.75. The molecule has 2 heterocycles. The first-order valence-electron chi connectivity index (χ1n) is 7.14. The van der Waals surface area contributed by atoms with E-state index in [0.29, 0.717) is 11.8 Å². The number of carbonyl (C=O) groups is 1. The monoisotopic (exact) mass is 348 g/mol. The number of nitrogens with zero attached hydrogens (tertiary/aromatic N) is 2. The van der Waals surface area contributed by atoms with Gasteiger partial charge in [-0.15, -0.1) is 0 Å². The predicted molar refractivity (Wildman–Crippen MR) is 84.0 cm³/mol. The number of halogens is 3. The van der Waals surface area contributed by atoms with Gasteiger partial charge in [-0.3, -0.25) is 9.36 Å². The lowest BCUT2D eigenvalue weighted by atomic mass is 10.1. The van der Waals surface area contributed by atoms with Crippen LogP contribution in [0.1, 0.15) is 21.7 Å². The number of para-hydroxylation sites is 1. The number of alkyl halides is 3. The van der Waals surface area contributed by atoms with Gasteiger partial charge < -0.3 is 5.11 Å². The maximum atomic E-state index is 13.0. The minimum absolute atomic E-state index is 0.0783. The molecular weight excluding hydrogens is 337 g/mol. The minimum atomic E-state index is -4.72. The molecule has 0 radical (unpaired) electrons. The van der Waals surface area contributed by atoms with Gasteiger partial charge in [0.05, 0.1) is 5.39 Å². The molecule has 0 saturated carbocycles. The first kappa shape index (κ1) is 16.7. The van der Waals surface area contributed by atoms with Gasteiger partial charge in [-0.2, -0.15) is 13.2 Å². The topological polar surface area (TPSA) is 72.2 Å². The number of rotatable bonds is 2. The normalized spacial score (nSPS) is 11.7. The Kier molecular flexibility index (Phi) is 3.82. The lowest BCUT2D eigenvalue weighted by molar-refractivity contribution is -0.141. The van der Waals surface area contributed by atoms with Crippen LogP contribution < -0.4 is 5.43 Å². The minimum Gasteiger partial charge on any atom is -0.477 e. The van der Waals surface area contributed by atoms with Crippen LogP contribution in [-0.4, -0.2) is 20.6 Å². The average molecular weight is 348 g/mol. The molecule has 128 valence electrons. The van der Waals surface area contributed by atoms with Crippen molar-refractivity contribution in [2.75, 3.05) is 0 Å². The Bertz CT molecular complexity index is 1040. The molecule has 1 aromatic carbocycles. The van der Waals surface area contributed by atoms with Gasteiger partial charge in [0, 0.05) is 11.3 Å². The molecule has 0 aliphatic carbocycles. The quantitative estimate of drug-likeness (QED) is 0.770. The second-order valence-corrected chi connectivity index (χ2v) is 5.34. The molecule has 0 bridgehead atoms. The molecule has 25 heavy (non-hydrogen) atoms. The van der Waals surface area contributed by atoms with E-state index < -0.39 is 29.0 Å². The Morgan fingerprint density at radius 1 is 1.12 bits per heavy atom. The molecule has 0 atom stereocenters. The van der Waals surface area contributed by atoms with Crippen molar-refractivity contribution in [1.82, 2.24) is 9.55 Å². The zero-order valence-corrected chi connectivity index (χ0v) is 12.8. The fraction of sp³-hybridized carbons (Fsp3) is 0.118. The van der Waals surface area contributed by atoms with Gasteiger partial charge in [0.25, 0.3) is 0 Å². The molecule has 5 nitrogen and oxygen atoms in total. The largest absolute Gasteiger partial charge is 0.477 e. The zero-order chi connectivity index (χ0) is 18.4. The highest BCUT2D eigenvalue weighted by atomic mass is 19.4. The van der Waals surface area contributed by atoms with Crippen molar-refractivity contribution in [1.29, 1.82) is 0 Å². The summed E-state index contributed by atoms with van der Waals surface area (Å²) < 4.78 is 40.1. The van der Waals surface area contributed by atoms with Gasteiger partial charge in [0.2, 0.25) is 0 Å². The van der Waals surface area contributed by atoms with Crippen molar-refractivity contribution in [3.05, 3.63) is 69.6 Å². The molecule has 8 heteroatoms. The maximum Gasteiger partial charge on any atom is 0.433 e. The molecule has 0 aliphatic heterocycles. The number of hydrogen-bond donors (Lipinski definition) is 1. The smallest absolute Gasteiger partial charge is 0.433 e. The van der Waals surface area contributed by atoms with E-state index in [4.69, 9.17) is 0 Å². The summed E-state index contributed by atoms with van der Waals surface area (Å²) in [7, 11) is 0. The van der Waals surface area contributed by atoms with Crippen molar-refractivity contribution in [3.8, 4) is 5.69 Å². The summed E-state index contributed by atoms with van der Waals surface area (Å²) in [5.74, 6) is -1.43. The Hall–Kier alpha value is -3.16. The summed E-state index contributed by atoms with van der Waals surface area (Å²) in [4.78, 5) is 27.6. The molecule has 2 aromatic heterocycles. The lowest BCUT2D eigenvalue weighted by Gasteiger charge is -2.17. The third-order valence-electron chi connectivity index (χ3n) is 3.76. The summed E-state index contributed by atoms with van der Waals surface area (Å²) in [6.07, 6.45) is -4.72. The number of aromatic nitrogens is 2. The van der Waals surface area contributed by atoms with E-state index in [9.17, 15) is 27.9 Å². The van der Waals surface area contributed by atoms with Crippen molar-refractivity contribution < 1.29 is 23.1 Å². The van der Waals surface area contributed by atoms with Crippen LogP contribution in [-0.2, 0) is 6.18 Å².